The van der Waals surface area contributed by atoms with Gasteiger partial charge in [-0.25, -0.2) is 22.9 Å². The number of aliphatic hydroxyl groups excluding tert-OH is 1. The van der Waals surface area contributed by atoms with Gasteiger partial charge in [-0.05, 0) is 25.0 Å². The lowest BCUT2D eigenvalue weighted by atomic mass is 9.84. The zero-order valence-corrected chi connectivity index (χ0v) is 12.9. The molecule has 21 heavy (non-hydrogen) atoms. The molecule has 0 aliphatic carbocycles. The molecule has 0 atom stereocenters. The average Bonchev–Trinajstić information content (AvgIpc) is 2.49. The molecule has 0 aliphatic rings. The van der Waals surface area contributed by atoms with Crippen LogP contribution in [0.3, 0.4) is 0 Å². The number of carboxylic acids is 1. The van der Waals surface area contributed by atoms with Crippen molar-refractivity contribution in [1.29, 1.82) is 0 Å². The topological polar surface area (TPSA) is 117 Å². The molecule has 118 valence electrons. The van der Waals surface area contributed by atoms with Gasteiger partial charge in [0.05, 0.1) is 5.56 Å². The molecule has 0 saturated carbocycles. The lowest BCUT2D eigenvalue weighted by molar-refractivity contribution is 0.0696. The van der Waals surface area contributed by atoms with E-state index in [1.165, 1.54) is 6.07 Å². The standard InChI is InChI=1S/C13H20N2O5S/c1-3-13(4-2,9-16)8-15-21(19,20)11-6-5-10(7-14-11)12(17)18/h5-7,15-16H,3-4,8-9H2,1-2H3,(H,17,18). The summed E-state index contributed by atoms with van der Waals surface area (Å²) in [6.45, 7) is 3.75. The molecule has 0 spiro atoms. The number of nitrogens with one attached hydrogen (secondary N) is 1. The molecule has 0 unspecified atom stereocenters. The van der Waals surface area contributed by atoms with Crippen LogP contribution in [0, 0.1) is 5.41 Å². The second kappa shape index (κ2) is 6.97. The summed E-state index contributed by atoms with van der Waals surface area (Å²) in [4.78, 5) is 14.4. The minimum atomic E-state index is -3.83. The first-order chi connectivity index (χ1) is 9.80. The second-order valence-corrected chi connectivity index (χ2v) is 6.59. The number of nitrogens with zero attached hydrogens (tertiary/aromatic N) is 1. The molecule has 0 aromatic carbocycles. The molecule has 0 amide bonds. The van der Waals surface area contributed by atoms with E-state index in [2.05, 4.69) is 9.71 Å². The normalized spacial score (nSPS) is 12.3. The molecule has 0 radical (unpaired) electrons. The van der Waals surface area contributed by atoms with Crippen LogP contribution in [0.25, 0.3) is 0 Å². The lowest BCUT2D eigenvalue weighted by Gasteiger charge is -2.29. The third kappa shape index (κ3) is 4.23. The molecule has 1 aromatic heterocycles. The quantitative estimate of drug-likeness (QED) is 0.655. The molecule has 8 heteroatoms. The summed E-state index contributed by atoms with van der Waals surface area (Å²) in [6.07, 6.45) is 2.26. The van der Waals surface area contributed by atoms with Crippen molar-refractivity contribution in [2.45, 2.75) is 31.7 Å². The Hall–Kier alpha value is -1.51. The van der Waals surface area contributed by atoms with E-state index in [-0.39, 0.29) is 23.7 Å². The number of carboxylic acid groups (broad SMARTS) is 1. The molecule has 3 N–H and O–H groups in total. The monoisotopic (exact) mass is 316 g/mol. The maximum Gasteiger partial charge on any atom is 0.337 e. The number of pyridine rings is 1. The van der Waals surface area contributed by atoms with Crippen LogP contribution in [0.5, 0.6) is 0 Å². The van der Waals surface area contributed by atoms with Crippen molar-refractivity contribution in [1.82, 2.24) is 9.71 Å². The highest BCUT2D eigenvalue weighted by molar-refractivity contribution is 7.89. The van der Waals surface area contributed by atoms with Gasteiger partial charge >= 0.3 is 5.97 Å². The molecular weight excluding hydrogens is 296 g/mol. The van der Waals surface area contributed by atoms with E-state index >= 15 is 0 Å². The number of rotatable bonds is 8. The van der Waals surface area contributed by atoms with Crippen molar-refractivity contribution in [3.63, 3.8) is 0 Å². The highest BCUT2D eigenvalue weighted by Gasteiger charge is 2.28. The third-order valence-corrected chi connectivity index (χ3v) is 5.05. The van der Waals surface area contributed by atoms with Crippen molar-refractivity contribution in [2.24, 2.45) is 5.41 Å². The van der Waals surface area contributed by atoms with Gasteiger partial charge in [-0.1, -0.05) is 13.8 Å². The van der Waals surface area contributed by atoms with Gasteiger partial charge in [-0.15, -0.1) is 0 Å². The lowest BCUT2D eigenvalue weighted by Crippen LogP contribution is -2.39. The Morgan fingerprint density at radius 1 is 1.33 bits per heavy atom. The molecule has 0 bridgehead atoms. The van der Waals surface area contributed by atoms with Crippen molar-refractivity contribution in [3.8, 4) is 0 Å². The summed E-state index contributed by atoms with van der Waals surface area (Å²) in [5.41, 5.74) is -0.588. The van der Waals surface area contributed by atoms with E-state index < -0.39 is 21.4 Å². The van der Waals surface area contributed by atoms with Crippen LogP contribution in [0.4, 0.5) is 0 Å². The van der Waals surface area contributed by atoms with Crippen LogP contribution in [0.2, 0.25) is 0 Å². The fourth-order valence-corrected chi connectivity index (χ4v) is 2.85. The van der Waals surface area contributed by atoms with Gasteiger partial charge in [0.2, 0.25) is 0 Å². The maximum atomic E-state index is 12.1. The van der Waals surface area contributed by atoms with Gasteiger partial charge in [0.15, 0.2) is 5.03 Å². The van der Waals surface area contributed by atoms with Crippen molar-refractivity contribution in [2.75, 3.05) is 13.2 Å². The van der Waals surface area contributed by atoms with E-state index in [1.807, 2.05) is 13.8 Å². The van der Waals surface area contributed by atoms with Crippen LogP contribution in [-0.2, 0) is 10.0 Å². The summed E-state index contributed by atoms with van der Waals surface area (Å²) >= 11 is 0. The summed E-state index contributed by atoms with van der Waals surface area (Å²) in [7, 11) is -3.83. The van der Waals surface area contributed by atoms with E-state index in [9.17, 15) is 18.3 Å². The predicted molar refractivity (Wildman–Crippen MR) is 76.5 cm³/mol. The van der Waals surface area contributed by atoms with Gasteiger partial charge in [0.1, 0.15) is 0 Å². The van der Waals surface area contributed by atoms with Crippen molar-refractivity contribution >= 4 is 16.0 Å². The maximum absolute atomic E-state index is 12.1. The molecule has 1 rings (SSSR count). The van der Waals surface area contributed by atoms with E-state index in [1.54, 1.807) is 0 Å². The SMILES string of the molecule is CCC(CC)(CO)CNS(=O)(=O)c1ccc(C(=O)O)cn1. The summed E-state index contributed by atoms with van der Waals surface area (Å²) in [5.74, 6) is -1.17. The minimum Gasteiger partial charge on any atom is -0.478 e. The Kier molecular flexibility index (Phi) is 5.82. The summed E-state index contributed by atoms with van der Waals surface area (Å²) in [6, 6.07) is 2.33. The smallest absolute Gasteiger partial charge is 0.337 e. The minimum absolute atomic E-state index is 0.0826. The van der Waals surface area contributed by atoms with E-state index in [0.29, 0.717) is 12.8 Å². The highest BCUT2D eigenvalue weighted by Crippen LogP contribution is 2.25. The van der Waals surface area contributed by atoms with E-state index in [4.69, 9.17) is 5.11 Å². The summed E-state index contributed by atoms with van der Waals surface area (Å²) < 4.78 is 26.6. The Labute approximate surface area is 124 Å². The number of hydrogen-bond acceptors (Lipinski definition) is 5. The van der Waals surface area contributed by atoms with Crippen molar-refractivity contribution in [3.05, 3.63) is 23.9 Å². The van der Waals surface area contributed by atoms with Gasteiger partial charge in [-0.3, -0.25) is 0 Å². The van der Waals surface area contributed by atoms with Crippen LogP contribution < -0.4 is 4.72 Å². The number of carbonyl (C=O) groups is 1. The zero-order chi connectivity index (χ0) is 16.1. The molecule has 7 nitrogen and oxygen atoms in total. The van der Waals surface area contributed by atoms with Crippen LogP contribution in [0.1, 0.15) is 37.0 Å². The zero-order valence-electron chi connectivity index (χ0n) is 12.0. The number of sulfonamides is 1. The highest BCUT2D eigenvalue weighted by atomic mass is 32.2. The Bertz CT molecular complexity index is 571. The molecular formula is C13H20N2O5S. The van der Waals surface area contributed by atoms with Gasteiger partial charge in [0, 0.05) is 24.8 Å². The number of aromatic nitrogens is 1. The van der Waals surface area contributed by atoms with Gasteiger partial charge in [-0.2, -0.15) is 0 Å². The molecule has 1 heterocycles. The van der Waals surface area contributed by atoms with Gasteiger partial charge < -0.3 is 10.2 Å². The Morgan fingerprint density at radius 3 is 2.33 bits per heavy atom. The Morgan fingerprint density at radius 2 is 1.95 bits per heavy atom. The second-order valence-electron chi connectivity index (χ2n) is 4.88. The molecule has 0 aliphatic heterocycles. The molecule has 0 saturated heterocycles. The Balaban J connectivity index is 2.89. The predicted octanol–water partition coefficient (Wildman–Crippen LogP) is 0.857. The molecule has 1 aromatic rings. The van der Waals surface area contributed by atoms with Gasteiger partial charge in [0.25, 0.3) is 10.0 Å². The van der Waals surface area contributed by atoms with E-state index in [0.717, 1.165) is 12.3 Å². The fraction of sp³-hybridized carbons (Fsp3) is 0.538. The van der Waals surface area contributed by atoms with Crippen LogP contribution in [-0.4, -0.2) is 42.7 Å². The third-order valence-electron chi connectivity index (χ3n) is 3.73. The average molecular weight is 316 g/mol. The largest absolute Gasteiger partial charge is 0.478 e. The van der Waals surface area contributed by atoms with Crippen LogP contribution >= 0.6 is 0 Å². The first-order valence-corrected chi connectivity index (χ1v) is 8.08. The first-order valence-electron chi connectivity index (χ1n) is 6.60. The molecule has 0 fully saturated rings. The fourth-order valence-electron chi connectivity index (χ4n) is 1.77. The number of hydrogen-bond donors (Lipinski definition) is 3. The first kappa shape index (κ1) is 17.5. The van der Waals surface area contributed by atoms with Crippen LogP contribution in [0.15, 0.2) is 23.4 Å². The summed E-state index contributed by atoms with van der Waals surface area (Å²) in [5, 5.41) is 17.9. The number of aromatic carboxylic acids is 1. The number of aliphatic hydroxyl groups is 1. The van der Waals surface area contributed by atoms with Crippen molar-refractivity contribution < 1.29 is 23.4 Å².